The third-order valence-electron chi connectivity index (χ3n) is 2.56. The molecule has 0 heterocycles. The molecule has 0 aliphatic carbocycles. The highest BCUT2D eigenvalue weighted by atomic mass is 16.5. The van der Waals surface area contributed by atoms with Crippen molar-refractivity contribution in [3.8, 4) is 11.5 Å². The maximum Gasteiger partial charge on any atom is 0.331 e. The van der Waals surface area contributed by atoms with Gasteiger partial charge in [-0.25, -0.2) is 4.79 Å². The van der Waals surface area contributed by atoms with Gasteiger partial charge in [0.2, 0.25) is 5.91 Å². The molecule has 2 N–H and O–H groups in total. The maximum absolute atomic E-state index is 11.5. The summed E-state index contributed by atoms with van der Waals surface area (Å²) >= 11 is 0. The molecular weight excluding hydrogens is 304 g/mol. The molecule has 1 aromatic carbocycles. The van der Waals surface area contributed by atoms with Crippen molar-refractivity contribution in [2.45, 2.75) is 6.92 Å². The smallest absolute Gasteiger partial charge is 0.331 e. The zero-order chi connectivity index (χ0) is 17.2. The molecule has 8 heteroatoms. The zero-order valence-electron chi connectivity index (χ0n) is 13.0. The number of amides is 2. The van der Waals surface area contributed by atoms with Crippen molar-refractivity contribution in [3.63, 3.8) is 0 Å². The van der Waals surface area contributed by atoms with Gasteiger partial charge in [-0.05, 0) is 18.2 Å². The molecule has 1 aromatic rings. The Morgan fingerprint density at radius 2 is 1.87 bits per heavy atom. The molecule has 0 aliphatic heterocycles. The summed E-state index contributed by atoms with van der Waals surface area (Å²) in [4.78, 5) is 33.4. The first-order chi connectivity index (χ1) is 11.0. The van der Waals surface area contributed by atoms with Crippen molar-refractivity contribution in [2.24, 2.45) is 0 Å². The number of hydrogen-bond acceptors (Lipinski definition) is 6. The number of hydrogen-bond donors (Lipinski definition) is 2. The highest BCUT2D eigenvalue weighted by Crippen LogP contribution is 2.25. The zero-order valence-corrected chi connectivity index (χ0v) is 13.0. The van der Waals surface area contributed by atoms with Crippen LogP contribution in [0.5, 0.6) is 11.5 Å². The number of rotatable bonds is 6. The topological polar surface area (TPSA) is 103 Å². The Bertz CT molecular complexity index is 612. The second-order valence-corrected chi connectivity index (χ2v) is 4.28. The van der Waals surface area contributed by atoms with Crippen LogP contribution in [0.1, 0.15) is 12.5 Å². The largest absolute Gasteiger partial charge is 0.497 e. The Labute approximate surface area is 133 Å². The lowest BCUT2D eigenvalue weighted by molar-refractivity contribution is -0.144. The minimum absolute atomic E-state index is 0.434. The fourth-order valence-corrected chi connectivity index (χ4v) is 1.49. The van der Waals surface area contributed by atoms with Gasteiger partial charge in [0, 0.05) is 24.6 Å². The Morgan fingerprint density at radius 3 is 2.48 bits per heavy atom. The molecule has 0 saturated carbocycles. The lowest BCUT2D eigenvalue weighted by Gasteiger charge is -2.07. The Morgan fingerprint density at radius 1 is 1.13 bits per heavy atom. The number of esters is 1. The van der Waals surface area contributed by atoms with Crippen LogP contribution in [0.25, 0.3) is 6.08 Å². The molecule has 0 aliphatic rings. The first kappa shape index (κ1) is 18.0. The van der Waals surface area contributed by atoms with E-state index in [1.54, 1.807) is 18.2 Å². The van der Waals surface area contributed by atoms with Crippen LogP contribution in [-0.4, -0.2) is 38.6 Å². The minimum atomic E-state index is -0.708. The molecule has 23 heavy (non-hydrogen) atoms. The normalized spacial score (nSPS) is 10.0. The van der Waals surface area contributed by atoms with E-state index < -0.39 is 24.4 Å². The van der Waals surface area contributed by atoms with Gasteiger partial charge in [0.1, 0.15) is 11.5 Å². The number of ether oxygens (including phenoxy) is 3. The van der Waals surface area contributed by atoms with Crippen molar-refractivity contribution in [3.05, 3.63) is 29.8 Å². The highest BCUT2D eigenvalue weighted by molar-refractivity contribution is 5.90. The van der Waals surface area contributed by atoms with Crippen molar-refractivity contribution < 1.29 is 28.6 Å². The first-order valence-corrected chi connectivity index (χ1v) is 6.58. The van der Waals surface area contributed by atoms with Gasteiger partial charge in [-0.1, -0.05) is 0 Å². The van der Waals surface area contributed by atoms with Gasteiger partial charge < -0.3 is 14.2 Å². The molecule has 2 amide bonds. The van der Waals surface area contributed by atoms with E-state index in [-0.39, 0.29) is 0 Å². The number of carbonyl (C=O) groups excluding carboxylic acids is 3. The minimum Gasteiger partial charge on any atom is -0.497 e. The molecule has 1 rings (SSSR count). The summed E-state index contributed by atoms with van der Waals surface area (Å²) in [5, 5.41) is 0. The van der Waals surface area contributed by atoms with Gasteiger partial charge in [-0.3, -0.25) is 20.4 Å². The van der Waals surface area contributed by atoms with E-state index in [1.165, 1.54) is 27.2 Å². The number of hydrazine groups is 1. The average Bonchev–Trinajstić information content (AvgIpc) is 2.55. The van der Waals surface area contributed by atoms with Gasteiger partial charge in [0.05, 0.1) is 14.2 Å². The number of methoxy groups -OCH3 is 2. The van der Waals surface area contributed by atoms with E-state index >= 15 is 0 Å². The molecule has 124 valence electrons. The van der Waals surface area contributed by atoms with Crippen LogP contribution in [0.15, 0.2) is 24.3 Å². The van der Waals surface area contributed by atoms with Crippen LogP contribution in [0.4, 0.5) is 0 Å². The Kier molecular flexibility index (Phi) is 7.12. The lowest BCUT2D eigenvalue weighted by atomic mass is 10.2. The summed E-state index contributed by atoms with van der Waals surface area (Å²) in [7, 11) is 3.03. The molecular formula is C15H18N2O6. The van der Waals surface area contributed by atoms with Gasteiger partial charge >= 0.3 is 5.97 Å². The monoisotopic (exact) mass is 322 g/mol. The van der Waals surface area contributed by atoms with Crippen LogP contribution in [-0.2, 0) is 19.1 Å². The van der Waals surface area contributed by atoms with E-state index in [9.17, 15) is 14.4 Å². The van der Waals surface area contributed by atoms with Crippen LogP contribution >= 0.6 is 0 Å². The lowest BCUT2D eigenvalue weighted by Crippen LogP contribution is -2.42. The molecule has 0 aromatic heterocycles. The summed E-state index contributed by atoms with van der Waals surface area (Å²) in [6, 6.07) is 5.10. The fraction of sp³-hybridized carbons (Fsp3) is 0.267. The highest BCUT2D eigenvalue weighted by Gasteiger charge is 2.06. The van der Waals surface area contributed by atoms with E-state index in [2.05, 4.69) is 10.9 Å². The third-order valence-corrected chi connectivity index (χ3v) is 2.56. The molecule has 0 bridgehead atoms. The van der Waals surface area contributed by atoms with E-state index in [4.69, 9.17) is 14.2 Å². The van der Waals surface area contributed by atoms with E-state index in [0.717, 1.165) is 6.08 Å². The standard InChI is InChI=1S/C15H18N2O6/c1-10(18)16-17-14(19)9-23-15(20)7-5-11-4-6-12(21-2)8-13(11)22-3/h4-8H,9H2,1-3H3,(H,16,18)(H,17,19)/b7-5+. The van der Waals surface area contributed by atoms with Gasteiger partial charge in [-0.2, -0.15) is 0 Å². The number of nitrogens with one attached hydrogen (secondary N) is 2. The third kappa shape index (κ3) is 6.51. The fourth-order valence-electron chi connectivity index (χ4n) is 1.49. The average molecular weight is 322 g/mol. The molecule has 0 atom stereocenters. The molecule has 0 unspecified atom stereocenters. The first-order valence-electron chi connectivity index (χ1n) is 6.58. The second kappa shape index (κ2) is 9.08. The molecule has 0 radical (unpaired) electrons. The summed E-state index contributed by atoms with van der Waals surface area (Å²) in [5.41, 5.74) is 4.79. The van der Waals surface area contributed by atoms with Gasteiger partial charge in [0.25, 0.3) is 5.91 Å². The van der Waals surface area contributed by atoms with Crippen LogP contribution in [0.3, 0.4) is 0 Å². The summed E-state index contributed by atoms with van der Waals surface area (Å²) in [6.07, 6.45) is 2.66. The van der Waals surface area contributed by atoms with Gasteiger partial charge in [-0.15, -0.1) is 0 Å². The van der Waals surface area contributed by atoms with Gasteiger partial charge in [0.15, 0.2) is 6.61 Å². The van der Waals surface area contributed by atoms with E-state index in [0.29, 0.717) is 17.1 Å². The summed E-state index contributed by atoms with van der Waals surface area (Å²) in [6.45, 7) is 0.723. The van der Waals surface area contributed by atoms with Crippen molar-refractivity contribution in [1.82, 2.24) is 10.9 Å². The number of benzene rings is 1. The van der Waals surface area contributed by atoms with Crippen LogP contribution < -0.4 is 20.3 Å². The second-order valence-electron chi connectivity index (χ2n) is 4.28. The van der Waals surface area contributed by atoms with Crippen molar-refractivity contribution >= 4 is 23.9 Å². The summed E-state index contributed by atoms with van der Waals surface area (Å²) < 4.78 is 15.0. The molecule has 8 nitrogen and oxygen atoms in total. The Balaban J connectivity index is 2.55. The molecule has 0 spiro atoms. The quantitative estimate of drug-likeness (QED) is 0.447. The van der Waals surface area contributed by atoms with Crippen LogP contribution in [0.2, 0.25) is 0 Å². The van der Waals surface area contributed by atoms with Crippen LogP contribution in [0, 0.1) is 0 Å². The predicted molar refractivity (Wildman–Crippen MR) is 81.5 cm³/mol. The van der Waals surface area contributed by atoms with Crippen molar-refractivity contribution in [2.75, 3.05) is 20.8 Å². The van der Waals surface area contributed by atoms with E-state index in [1.807, 2.05) is 0 Å². The summed E-state index contributed by atoms with van der Waals surface area (Å²) in [5.74, 6) is -0.644. The molecule has 0 saturated heterocycles. The Hall–Kier alpha value is -3.03. The molecule has 0 fully saturated rings. The SMILES string of the molecule is COc1ccc(/C=C/C(=O)OCC(=O)NNC(C)=O)c(OC)c1. The van der Waals surface area contributed by atoms with Crippen molar-refractivity contribution in [1.29, 1.82) is 0 Å². The number of carbonyl (C=O) groups is 3. The maximum atomic E-state index is 11.5. The predicted octanol–water partition coefficient (Wildman–Crippen LogP) is 0.427.